The summed E-state index contributed by atoms with van der Waals surface area (Å²) in [5.41, 5.74) is -0.418. The number of ketones is 2. The minimum absolute atomic E-state index is 0.0124. The number of Topliss-reactive ketones (excluding diaryl/α,β-unsaturated/α-hetero) is 2. The summed E-state index contributed by atoms with van der Waals surface area (Å²) in [6.45, 7) is 6.99. The molecule has 0 bridgehead atoms. The van der Waals surface area contributed by atoms with Crippen LogP contribution in [-0.4, -0.2) is 59.5 Å². The van der Waals surface area contributed by atoms with Gasteiger partial charge in [-0.3, -0.25) is 9.69 Å². The smallest absolute Gasteiger partial charge is 0.163 e. The number of carbonyl (C=O) groups is 2. The van der Waals surface area contributed by atoms with Gasteiger partial charge in [0.2, 0.25) is 0 Å². The summed E-state index contributed by atoms with van der Waals surface area (Å²) in [6, 6.07) is 5.72. The molecule has 2 N–H and O–H groups in total. The van der Waals surface area contributed by atoms with E-state index in [0.29, 0.717) is 0 Å². The largest absolute Gasteiger partial charge is 0.497 e. The van der Waals surface area contributed by atoms with Crippen LogP contribution < -0.4 is 10.1 Å². The van der Waals surface area contributed by atoms with Crippen LogP contribution in [0, 0.1) is 11.3 Å². The quantitative estimate of drug-likeness (QED) is 0.665. The average Bonchev–Trinajstić information content (AvgIpc) is 3.31. The van der Waals surface area contributed by atoms with Crippen LogP contribution in [0.25, 0.3) is 0 Å². The highest BCUT2D eigenvalue weighted by atomic mass is 16.5. The van der Waals surface area contributed by atoms with Crippen LogP contribution in [0.4, 0.5) is 5.69 Å². The Morgan fingerprint density at radius 2 is 2.09 bits per heavy atom. The Morgan fingerprint density at radius 3 is 2.75 bits per heavy atom. The molecule has 32 heavy (non-hydrogen) atoms. The topological polar surface area (TPSA) is 78.9 Å². The molecule has 1 aromatic carbocycles. The lowest BCUT2D eigenvalue weighted by Crippen LogP contribution is -2.77. The number of hydrogen-bond donors (Lipinski definition) is 2. The van der Waals surface area contributed by atoms with Gasteiger partial charge in [0.1, 0.15) is 17.1 Å². The molecule has 1 aromatic rings. The zero-order valence-corrected chi connectivity index (χ0v) is 19.5. The monoisotopic (exact) mass is 438 g/mol. The summed E-state index contributed by atoms with van der Waals surface area (Å²) in [4.78, 5) is 28.4. The zero-order valence-electron chi connectivity index (χ0n) is 19.5. The number of carbonyl (C=O) groups excluding carboxylic acids is 2. The first-order chi connectivity index (χ1) is 15.3. The van der Waals surface area contributed by atoms with Crippen LogP contribution >= 0.6 is 0 Å². The Balaban J connectivity index is 1.82. The van der Waals surface area contributed by atoms with Crippen molar-refractivity contribution in [1.82, 2.24) is 4.90 Å². The molecule has 6 unspecified atom stereocenters. The number of anilines is 1. The maximum atomic E-state index is 13.4. The van der Waals surface area contributed by atoms with Gasteiger partial charge in [-0.25, -0.2) is 0 Å². The Bertz CT molecular complexity index is 1010. The van der Waals surface area contributed by atoms with E-state index in [2.05, 4.69) is 35.4 Å². The van der Waals surface area contributed by atoms with Crippen molar-refractivity contribution in [1.29, 1.82) is 0 Å². The van der Waals surface area contributed by atoms with Crippen molar-refractivity contribution in [3.05, 3.63) is 35.9 Å². The molecule has 3 aliphatic heterocycles. The molecule has 1 aliphatic carbocycles. The first kappa shape index (κ1) is 21.7. The molecule has 4 aliphatic rings. The summed E-state index contributed by atoms with van der Waals surface area (Å²) < 4.78 is 5.47. The van der Waals surface area contributed by atoms with Crippen molar-refractivity contribution in [3.63, 3.8) is 0 Å². The van der Waals surface area contributed by atoms with Crippen molar-refractivity contribution in [2.45, 2.75) is 69.6 Å². The molecule has 1 spiro atoms. The van der Waals surface area contributed by atoms with Crippen molar-refractivity contribution in [2.24, 2.45) is 11.3 Å². The van der Waals surface area contributed by atoms with Gasteiger partial charge >= 0.3 is 0 Å². The Labute approximate surface area is 190 Å². The van der Waals surface area contributed by atoms with Crippen LogP contribution in [0.1, 0.15) is 52.0 Å². The number of fused-ring (bicyclic) bond motifs is 1. The molecule has 0 aromatic heterocycles. The fraction of sp³-hybridized carbons (Fsp3) is 0.615. The molecular formula is C26H34N2O4. The van der Waals surface area contributed by atoms with Gasteiger partial charge in [0.25, 0.3) is 0 Å². The molecule has 2 fully saturated rings. The van der Waals surface area contributed by atoms with Gasteiger partial charge in [0, 0.05) is 47.5 Å². The second kappa shape index (κ2) is 7.16. The van der Waals surface area contributed by atoms with Crippen molar-refractivity contribution >= 4 is 17.3 Å². The minimum atomic E-state index is -1.65. The molecule has 1 saturated heterocycles. The van der Waals surface area contributed by atoms with Gasteiger partial charge in [-0.05, 0) is 44.9 Å². The molecule has 3 heterocycles. The zero-order chi connectivity index (χ0) is 22.9. The Hall–Kier alpha value is -2.18. The highest BCUT2D eigenvalue weighted by molar-refractivity contribution is 5.90. The Kier molecular flexibility index (Phi) is 4.84. The minimum Gasteiger partial charge on any atom is -0.497 e. The number of benzene rings is 1. The fourth-order valence-electron chi connectivity index (χ4n) is 7.96. The maximum Gasteiger partial charge on any atom is 0.163 e. The summed E-state index contributed by atoms with van der Waals surface area (Å²) in [5.74, 6) is 0.0233. The molecule has 5 rings (SSSR count). The van der Waals surface area contributed by atoms with Gasteiger partial charge in [-0.2, -0.15) is 0 Å². The van der Waals surface area contributed by atoms with Gasteiger partial charge in [0.15, 0.2) is 5.78 Å². The van der Waals surface area contributed by atoms with E-state index in [9.17, 15) is 14.7 Å². The van der Waals surface area contributed by atoms with E-state index in [4.69, 9.17) is 4.74 Å². The van der Waals surface area contributed by atoms with Crippen LogP contribution in [-0.2, 0) is 15.0 Å². The van der Waals surface area contributed by atoms with E-state index in [-0.39, 0.29) is 24.0 Å². The third-order valence-corrected chi connectivity index (χ3v) is 8.84. The van der Waals surface area contributed by atoms with E-state index in [0.717, 1.165) is 49.4 Å². The number of nitrogens with zero attached hydrogens (tertiary/aromatic N) is 1. The molecule has 6 atom stereocenters. The number of ether oxygens (including phenoxy) is 1. The van der Waals surface area contributed by atoms with Crippen molar-refractivity contribution in [3.8, 4) is 5.75 Å². The molecule has 0 amide bonds. The molecule has 6 heteroatoms. The normalized spacial score (nSPS) is 39.1. The van der Waals surface area contributed by atoms with E-state index in [1.807, 2.05) is 12.1 Å². The lowest BCUT2D eigenvalue weighted by Gasteiger charge is -2.64. The highest BCUT2D eigenvalue weighted by Gasteiger charge is 2.76. The summed E-state index contributed by atoms with van der Waals surface area (Å²) in [7, 11) is 1.65. The number of rotatable bonds is 6. The van der Waals surface area contributed by atoms with Gasteiger partial charge < -0.3 is 20.0 Å². The van der Waals surface area contributed by atoms with Crippen molar-refractivity contribution in [2.75, 3.05) is 25.5 Å². The molecule has 0 radical (unpaired) electrons. The van der Waals surface area contributed by atoms with Gasteiger partial charge in [-0.1, -0.05) is 31.6 Å². The van der Waals surface area contributed by atoms with E-state index in [1.54, 1.807) is 14.0 Å². The number of hydrogen-bond acceptors (Lipinski definition) is 6. The average molecular weight is 439 g/mol. The van der Waals surface area contributed by atoms with E-state index < -0.39 is 28.4 Å². The predicted molar refractivity (Wildman–Crippen MR) is 123 cm³/mol. The number of aliphatic hydroxyl groups is 1. The van der Waals surface area contributed by atoms with Gasteiger partial charge in [-0.15, -0.1) is 0 Å². The maximum absolute atomic E-state index is 13.4. The summed E-state index contributed by atoms with van der Waals surface area (Å²) in [6.07, 6.45) is 7.25. The third kappa shape index (κ3) is 2.48. The fourth-order valence-corrected chi connectivity index (χ4v) is 7.96. The second-order valence-corrected chi connectivity index (χ2v) is 10.3. The lowest BCUT2D eigenvalue weighted by atomic mass is 9.43. The van der Waals surface area contributed by atoms with Gasteiger partial charge in [0.05, 0.1) is 13.2 Å². The molecule has 172 valence electrons. The first-order valence-electron chi connectivity index (χ1n) is 11.8. The second-order valence-electron chi connectivity index (χ2n) is 10.3. The third-order valence-electron chi connectivity index (χ3n) is 8.84. The molecular weight excluding hydrogens is 404 g/mol. The predicted octanol–water partition coefficient (Wildman–Crippen LogP) is 3.09. The van der Waals surface area contributed by atoms with Crippen LogP contribution in [0.15, 0.2) is 30.4 Å². The van der Waals surface area contributed by atoms with Crippen molar-refractivity contribution < 1.29 is 19.4 Å². The number of methoxy groups -OCH3 is 1. The summed E-state index contributed by atoms with van der Waals surface area (Å²) in [5, 5.41) is 16.0. The molecule has 6 nitrogen and oxygen atoms in total. The van der Waals surface area contributed by atoms with E-state index >= 15 is 0 Å². The summed E-state index contributed by atoms with van der Waals surface area (Å²) >= 11 is 0. The number of nitrogens with one attached hydrogen (secondary N) is 1. The van der Waals surface area contributed by atoms with Crippen LogP contribution in [0.5, 0.6) is 5.75 Å². The van der Waals surface area contributed by atoms with E-state index in [1.165, 1.54) is 6.92 Å². The highest BCUT2D eigenvalue weighted by Crippen LogP contribution is 2.68. The lowest BCUT2D eigenvalue weighted by molar-refractivity contribution is -0.178. The van der Waals surface area contributed by atoms with Crippen LogP contribution in [0.2, 0.25) is 0 Å². The molecule has 1 saturated carbocycles. The van der Waals surface area contributed by atoms with Crippen LogP contribution in [0.3, 0.4) is 0 Å². The Morgan fingerprint density at radius 1 is 1.31 bits per heavy atom. The SMILES string of the molecule is CCCC12C=CCN3CCC4(c5ccc(OC)cc5NC4C(O)(C(C)=O)C1CC(C)=O)C32. The first-order valence-corrected chi connectivity index (χ1v) is 11.8. The standard InChI is InChI=1S/C26H34N2O4/c1-5-9-24-10-6-12-28-13-11-25(23(24)28)19-8-7-18(32-4)15-20(19)27-22(25)26(31,17(3)30)21(24)14-16(2)29/h6-8,10,15,21-23,27,31H,5,9,11-14H2,1-4H3.